The Kier molecular flexibility index (Phi) is 3.71. The van der Waals surface area contributed by atoms with Crippen molar-refractivity contribution in [1.82, 2.24) is 4.90 Å². The van der Waals surface area contributed by atoms with Crippen LogP contribution in [0.3, 0.4) is 0 Å². The molecule has 1 unspecified atom stereocenters. The summed E-state index contributed by atoms with van der Waals surface area (Å²) in [6.07, 6.45) is 5.04. The van der Waals surface area contributed by atoms with Gasteiger partial charge in [-0.25, -0.2) is 0 Å². The third-order valence-electron chi connectivity index (χ3n) is 3.48. The van der Waals surface area contributed by atoms with E-state index in [4.69, 9.17) is 5.26 Å². The van der Waals surface area contributed by atoms with Crippen LogP contribution >= 0.6 is 0 Å². The molecule has 0 spiro atoms. The molecule has 0 N–H and O–H groups in total. The molecule has 1 rings (SSSR count). The summed E-state index contributed by atoms with van der Waals surface area (Å²) in [4.78, 5) is 2.44. The fourth-order valence-electron chi connectivity index (χ4n) is 2.37. The fraction of sp³-hybridized carbons (Fsp3) is 0.750. The van der Waals surface area contributed by atoms with Crippen molar-refractivity contribution in [3.8, 4) is 6.07 Å². The minimum Gasteiger partial charge on any atom is -0.294 e. The van der Waals surface area contributed by atoms with Gasteiger partial charge in [0.1, 0.15) is 0 Å². The lowest BCUT2D eigenvalue weighted by Gasteiger charge is -2.47. The van der Waals surface area contributed by atoms with Crippen LogP contribution in [0.2, 0.25) is 0 Å². The van der Waals surface area contributed by atoms with Crippen LogP contribution < -0.4 is 0 Å². The molecule has 0 aromatic rings. The quantitative estimate of drug-likeness (QED) is 0.643. The molecule has 0 amide bonds. The minimum atomic E-state index is 0.155. The number of nitrogens with zero attached hydrogens (tertiary/aromatic N) is 2. The van der Waals surface area contributed by atoms with Crippen molar-refractivity contribution in [2.75, 3.05) is 13.1 Å². The van der Waals surface area contributed by atoms with Gasteiger partial charge >= 0.3 is 0 Å². The smallest absolute Gasteiger partial charge is 0.0625 e. The standard InChI is InChI=1S/C12H20N2/c1-4-9-14-10-5-6-11(7-8-13)12(14,2)3/h4,11H,1,5-7,9-10H2,2-3H3. The maximum atomic E-state index is 8.78. The highest BCUT2D eigenvalue weighted by molar-refractivity contribution is 4.97. The van der Waals surface area contributed by atoms with Gasteiger partial charge < -0.3 is 0 Å². The van der Waals surface area contributed by atoms with Gasteiger partial charge in [-0.1, -0.05) is 6.08 Å². The molecule has 0 aromatic heterocycles. The average molecular weight is 192 g/mol. The number of piperidine rings is 1. The highest BCUT2D eigenvalue weighted by Gasteiger charge is 2.37. The molecule has 0 aliphatic carbocycles. The first kappa shape index (κ1) is 11.3. The summed E-state index contributed by atoms with van der Waals surface area (Å²) in [6, 6.07) is 2.30. The van der Waals surface area contributed by atoms with E-state index in [1.807, 2.05) is 6.08 Å². The van der Waals surface area contributed by atoms with Crippen LogP contribution in [0, 0.1) is 17.2 Å². The Morgan fingerprint density at radius 2 is 2.36 bits per heavy atom. The van der Waals surface area contributed by atoms with Crippen LogP contribution in [-0.4, -0.2) is 23.5 Å². The normalized spacial score (nSPS) is 26.8. The van der Waals surface area contributed by atoms with Crippen molar-refractivity contribution >= 4 is 0 Å². The second-order valence-electron chi connectivity index (χ2n) is 4.59. The van der Waals surface area contributed by atoms with Gasteiger partial charge in [0, 0.05) is 18.5 Å². The van der Waals surface area contributed by atoms with E-state index in [2.05, 4.69) is 31.4 Å². The summed E-state index contributed by atoms with van der Waals surface area (Å²) in [5.41, 5.74) is 0.155. The number of nitriles is 1. The zero-order chi connectivity index (χ0) is 10.6. The van der Waals surface area contributed by atoms with Crippen molar-refractivity contribution < 1.29 is 0 Å². The van der Waals surface area contributed by atoms with Gasteiger partial charge in [-0.2, -0.15) is 5.26 Å². The molecule has 1 atom stereocenters. The lowest BCUT2D eigenvalue weighted by molar-refractivity contribution is 0.0341. The maximum Gasteiger partial charge on any atom is 0.0625 e. The van der Waals surface area contributed by atoms with E-state index >= 15 is 0 Å². The number of rotatable bonds is 3. The van der Waals surface area contributed by atoms with Crippen molar-refractivity contribution in [3.63, 3.8) is 0 Å². The SMILES string of the molecule is C=CCN1CCCC(CC#N)C1(C)C. The lowest BCUT2D eigenvalue weighted by atomic mass is 9.77. The first-order valence-corrected chi connectivity index (χ1v) is 5.35. The van der Waals surface area contributed by atoms with Gasteiger partial charge in [0.05, 0.1) is 6.07 Å². The molecule has 2 heteroatoms. The zero-order valence-electron chi connectivity index (χ0n) is 9.29. The van der Waals surface area contributed by atoms with Crippen molar-refractivity contribution in [2.45, 2.75) is 38.6 Å². The molecule has 2 nitrogen and oxygen atoms in total. The highest BCUT2D eigenvalue weighted by atomic mass is 15.2. The van der Waals surface area contributed by atoms with E-state index in [9.17, 15) is 0 Å². The molecule has 1 aliphatic rings. The summed E-state index contributed by atoms with van der Waals surface area (Å²) in [5.74, 6) is 0.515. The molecule has 14 heavy (non-hydrogen) atoms. The third kappa shape index (κ3) is 2.16. The Bertz CT molecular complexity index is 237. The van der Waals surface area contributed by atoms with Crippen molar-refractivity contribution in [2.24, 2.45) is 5.92 Å². The van der Waals surface area contributed by atoms with E-state index in [1.54, 1.807) is 0 Å². The van der Waals surface area contributed by atoms with E-state index in [1.165, 1.54) is 12.8 Å². The Morgan fingerprint density at radius 3 is 2.93 bits per heavy atom. The molecular weight excluding hydrogens is 172 g/mol. The van der Waals surface area contributed by atoms with Gasteiger partial charge in [-0.3, -0.25) is 4.90 Å². The molecule has 1 saturated heterocycles. The Hall–Kier alpha value is -0.810. The molecule has 0 radical (unpaired) electrons. The molecule has 78 valence electrons. The van der Waals surface area contributed by atoms with Gasteiger partial charge in [0.15, 0.2) is 0 Å². The topological polar surface area (TPSA) is 27.0 Å². The fourth-order valence-corrected chi connectivity index (χ4v) is 2.37. The third-order valence-corrected chi connectivity index (χ3v) is 3.48. The average Bonchev–Trinajstić information content (AvgIpc) is 2.13. The first-order chi connectivity index (χ1) is 6.62. The van der Waals surface area contributed by atoms with Crippen molar-refractivity contribution in [1.29, 1.82) is 5.26 Å². The van der Waals surface area contributed by atoms with E-state index in [0.29, 0.717) is 12.3 Å². The largest absolute Gasteiger partial charge is 0.294 e. The number of hydrogen-bond donors (Lipinski definition) is 0. The molecule has 1 fully saturated rings. The number of likely N-dealkylation sites (tertiary alicyclic amines) is 1. The zero-order valence-corrected chi connectivity index (χ0v) is 9.29. The van der Waals surface area contributed by atoms with Crippen LogP contribution in [0.15, 0.2) is 12.7 Å². The summed E-state index contributed by atoms with van der Waals surface area (Å²) >= 11 is 0. The minimum absolute atomic E-state index is 0.155. The molecule has 1 aliphatic heterocycles. The Morgan fingerprint density at radius 1 is 1.64 bits per heavy atom. The van der Waals surface area contributed by atoms with Crippen LogP contribution in [-0.2, 0) is 0 Å². The monoisotopic (exact) mass is 192 g/mol. The summed E-state index contributed by atoms with van der Waals surface area (Å²) in [5, 5.41) is 8.78. The second kappa shape index (κ2) is 4.61. The molecule has 0 bridgehead atoms. The summed E-state index contributed by atoms with van der Waals surface area (Å²) in [7, 11) is 0. The summed E-state index contributed by atoms with van der Waals surface area (Å²) in [6.45, 7) is 10.4. The van der Waals surface area contributed by atoms with Gasteiger partial charge in [0.25, 0.3) is 0 Å². The Labute approximate surface area is 87.2 Å². The predicted octanol–water partition coefficient (Wildman–Crippen LogP) is 2.58. The van der Waals surface area contributed by atoms with Gasteiger partial charge in [0.2, 0.25) is 0 Å². The van der Waals surface area contributed by atoms with Gasteiger partial charge in [-0.15, -0.1) is 6.58 Å². The molecule has 0 saturated carbocycles. The first-order valence-electron chi connectivity index (χ1n) is 5.35. The highest BCUT2D eigenvalue weighted by Crippen LogP contribution is 2.34. The van der Waals surface area contributed by atoms with E-state index < -0.39 is 0 Å². The van der Waals surface area contributed by atoms with Crippen LogP contribution in [0.5, 0.6) is 0 Å². The summed E-state index contributed by atoms with van der Waals surface area (Å²) < 4.78 is 0. The van der Waals surface area contributed by atoms with Crippen LogP contribution in [0.1, 0.15) is 33.1 Å². The van der Waals surface area contributed by atoms with Crippen LogP contribution in [0.25, 0.3) is 0 Å². The Balaban J connectivity index is 2.71. The number of hydrogen-bond acceptors (Lipinski definition) is 2. The maximum absolute atomic E-state index is 8.78. The van der Waals surface area contributed by atoms with Gasteiger partial charge in [-0.05, 0) is 39.2 Å². The lowest BCUT2D eigenvalue weighted by Crippen LogP contribution is -2.53. The second-order valence-corrected chi connectivity index (χ2v) is 4.59. The predicted molar refractivity (Wildman–Crippen MR) is 58.8 cm³/mol. The molecule has 0 aromatic carbocycles. The molecule has 1 heterocycles. The van der Waals surface area contributed by atoms with Crippen LogP contribution in [0.4, 0.5) is 0 Å². The molecular formula is C12H20N2. The van der Waals surface area contributed by atoms with Crippen molar-refractivity contribution in [3.05, 3.63) is 12.7 Å². The van der Waals surface area contributed by atoms with E-state index in [-0.39, 0.29) is 5.54 Å². The van der Waals surface area contributed by atoms with E-state index in [0.717, 1.165) is 13.1 Å².